The molecule has 0 aliphatic rings. The lowest BCUT2D eigenvalue weighted by atomic mass is 9.99. The summed E-state index contributed by atoms with van der Waals surface area (Å²) >= 11 is 0. The van der Waals surface area contributed by atoms with Crippen molar-refractivity contribution in [2.45, 2.75) is 53.5 Å². The van der Waals surface area contributed by atoms with Gasteiger partial charge in [0.15, 0.2) is 0 Å². The Kier molecular flexibility index (Phi) is 3.73. The van der Waals surface area contributed by atoms with Gasteiger partial charge in [0.1, 0.15) is 5.58 Å². The summed E-state index contributed by atoms with van der Waals surface area (Å²) in [4.78, 5) is 0. The lowest BCUT2D eigenvalue weighted by molar-refractivity contribution is 0.429. The number of aryl methyl sites for hydroxylation is 3. The maximum Gasteiger partial charge on any atom is 0.137 e. The van der Waals surface area contributed by atoms with Crippen LogP contribution in [0.3, 0.4) is 0 Å². The van der Waals surface area contributed by atoms with Crippen LogP contribution in [-0.4, -0.2) is 12.1 Å². The third kappa shape index (κ3) is 3.01. The molecule has 0 amide bonds. The molecule has 0 aliphatic carbocycles. The molecule has 1 heterocycles. The molecule has 1 N–H and O–H groups in total. The normalized spacial score (nSPS) is 12.3. The highest BCUT2D eigenvalue weighted by Crippen LogP contribution is 2.30. The highest BCUT2D eigenvalue weighted by atomic mass is 16.3. The van der Waals surface area contributed by atoms with Crippen LogP contribution in [0.25, 0.3) is 11.0 Å². The Hall–Kier alpha value is -1.28. The summed E-state index contributed by atoms with van der Waals surface area (Å²) in [6, 6.07) is 2.26. The Morgan fingerprint density at radius 1 is 1.11 bits per heavy atom. The zero-order valence-corrected chi connectivity index (χ0v) is 13.0. The number of fused-ring (bicyclic) bond motifs is 1. The summed E-state index contributed by atoms with van der Waals surface area (Å²) in [5, 5.41) is 4.83. The summed E-state index contributed by atoms with van der Waals surface area (Å²) < 4.78 is 5.80. The highest BCUT2D eigenvalue weighted by molar-refractivity contribution is 5.88. The largest absolute Gasteiger partial charge is 0.464 e. The van der Waals surface area contributed by atoms with Gasteiger partial charge < -0.3 is 9.73 Å². The summed E-state index contributed by atoms with van der Waals surface area (Å²) in [6.45, 7) is 14.0. The Balaban J connectivity index is 2.28. The molecule has 2 rings (SSSR count). The Morgan fingerprint density at radius 2 is 1.79 bits per heavy atom. The first-order valence-electron chi connectivity index (χ1n) is 7.01. The fourth-order valence-electron chi connectivity index (χ4n) is 2.54. The van der Waals surface area contributed by atoms with Crippen LogP contribution in [0, 0.1) is 20.8 Å². The fraction of sp³-hybridized carbons (Fsp3) is 0.529. The number of benzene rings is 1. The maximum absolute atomic E-state index is 5.80. The average molecular weight is 259 g/mol. The van der Waals surface area contributed by atoms with Gasteiger partial charge in [-0.1, -0.05) is 6.07 Å². The molecule has 0 fully saturated rings. The van der Waals surface area contributed by atoms with Crippen LogP contribution in [0.4, 0.5) is 0 Å². The molecule has 2 aromatic rings. The van der Waals surface area contributed by atoms with Crippen LogP contribution in [-0.2, 0) is 6.42 Å². The van der Waals surface area contributed by atoms with E-state index in [0.29, 0.717) is 0 Å². The van der Waals surface area contributed by atoms with Crippen molar-refractivity contribution in [2.24, 2.45) is 0 Å². The second-order valence-corrected chi connectivity index (χ2v) is 6.53. The summed E-state index contributed by atoms with van der Waals surface area (Å²) in [7, 11) is 0. The average Bonchev–Trinajstić information content (AvgIpc) is 2.69. The molecular weight excluding hydrogens is 234 g/mol. The minimum Gasteiger partial charge on any atom is -0.464 e. The van der Waals surface area contributed by atoms with E-state index < -0.39 is 0 Å². The Bertz CT molecular complexity index is 587. The predicted octanol–water partition coefficient (Wildman–Crippen LogP) is 4.29. The number of hydrogen-bond acceptors (Lipinski definition) is 2. The van der Waals surface area contributed by atoms with Crippen LogP contribution in [0.15, 0.2) is 16.7 Å². The van der Waals surface area contributed by atoms with E-state index in [4.69, 9.17) is 4.42 Å². The first-order chi connectivity index (χ1) is 8.79. The van der Waals surface area contributed by atoms with Gasteiger partial charge in [-0.3, -0.25) is 0 Å². The van der Waals surface area contributed by atoms with Crippen LogP contribution >= 0.6 is 0 Å². The van der Waals surface area contributed by atoms with Gasteiger partial charge in [-0.2, -0.15) is 0 Å². The first-order valence-corrected chi connectivity index (χ1v) is 7.01. The second-order valence-electron chi connectivity index (χ2n) is 6.53. The van der Waals surface area contributed by atoms with Crippen molar-refractivity contribution in [1.82, 2.24) is 5.32 Å². The minimum atomic E-state index is 0.168. The van der Waals surface area contributed by atoms with Crippen molar-refractivity contribution < 1.29 is 4.42 Å². The third-order valence-electron chi connectivity index (χ3n) is 3.68. The van der Waals surface area contributed by atoms with Crippen molar-refractivity contribution in [3.8, 4) is 0 Å². The van der Waals surface area contributed by atoms with Crippen LogP contribution < -0.4 is 5.32 Å². The van der Waals surface area contributed by atoms with Crippen LogP contribution in [0.2, 0.25) is 0 Å². The molecule has 0 spiro atoms. The molecule has 0 saturated carbocycles. The molecule has 2 nitrogen and oxygen atoms in total. The quantitative estimate of drug-likeness (QED) is 0.889. The molecule has 1 aromatic carbocycles. The van der Waals surface area contributed by atoms with Crippen molar-refractivity contribution >= 4 is 11.0 Å². The number of nitrogens with one attached hydrogen (secondary N) is 1. The van der Waals surface area contributed by atoms with E-state index in [9.17, 15) is 0 Å². The topological polar surface area (TPSA) is 25.2 Å². The zero-order chi connectivity index (χ0) is 14.2. The molecule has 0 unspecified atom stereocenters. The number of furan rings is 1. The van der Waals surface area contributed by atoms with E-state index in [1.807, 2.05) is 6.26 Å². The van der Waals surface area contributed by atoms with E-state index >= 15 is 0 Å². The van der Waals surface area contributed by atoms with E-state index in [1.165, 1.54) is 27.6 Å². The molecular formula is C17H25NO. The van der Waals surface area contributed by atoms with Gasteiger partial charge in [-0.15, -0.1) is 0 Å². The van der Waals surface area contributed by atoms with Crippen molar-refractivity contribution in [1.29, 1.82) is 0 Å². The standard InChI is InChI=1S/C17H25NO/c1-11-9-12(2)15-14(7-8-18-17(4,5)6)10-19-16(15)13(11)3/h9-10,18H,7-8H2,1-6H3. The van der Waals surface area contributed by atoms with Gasteiger partial charge in [0.05, 0.1) is 6.26 Å². The van der Waals surface area contributed by atoms with E-state index in [-0.39, 0.29) is 5.54 Å². The van der Waals surface area contributed by atoms with Crippen molar-refractivity contribution in [3.63, 3.8) is 0 Å². The van der Waals surface area contributed by atoms with Gasteiger partial charge >= 0.3 is 0 Å². The van der Waals surface area contributed by atoms with E-state index in [2.05, 4.69) is 52.9 Å². The molecule has 1 aromatic heterocycles. The molecule has 0 radical (unpaired) electrons. The maximum atomic E-state index is 5.80. The number of rotatable bonds is 3. The highest BCUT2D eigenvalue weighted by Gasteiger charge is 2.14. The van der Waals surface area contributed by atoms with Gasteiger partial charge in [0.2, 0.25) is 0 Å². The van der Waals surface area contributed by atoms with Gasteiger partial charge in [-0.05, 0) is 76.8 Å². The van der Waals surface area contributed by atoms with Gasteiger partial charge in [0, 0.05) is 10.9 Å². The lowest BCUT2D eigenvalue weighted by Crippen LogP contribution is -2.37. The second kappa shape index (κ2) is 5.01. The molecule has 2 heteroatoms. The SMILES string of the molecule is Cc1cc(C)c2c(CCNC(C)(C)C)coc2c1C. The predicted molar refractivity (Wildman–Crippen MR) is 81.9 cm³/mol. The summed E-state index contributed by atoms with van der Waals surface area (Å²) in [5.41, 5.74) is 6.42. The molecule has 0 bridgehead atoms. The van der Waals surface area contributed by atoms with Crippen molar-refractivity contribution in [3.05, 3.63) is 34.6 Å². The smallest absolute Gasteiger partial charge is 0.137 e. The third-order valence-corrected chi connectivity index (χ3v) is 3.68. The van der Waals surface area contributed by atoms with Crippen LogP contribution in [0.1, 0.15) is 43.0 Å². The molecule has 104 valence electrons. The van der Waals surface area contributed by atoms with E-state index in [0.717, 1.165) is 18.5 Å². The van der Waals surface area contributed by atoms with Crippen molar-refractivity contribution in [2.75, 3.05) is 6.54 Å². The number of hydrogen-bond donors (Lipinski definition) is 1. The monoisotopic (exact) mass is 259 g/mol. The fourth-order valence-corrected chi connectivity index (χ4v) is 2.54. The Morgan fingerprint density at radius 3 is 2.42 bits per heavy atom. The van der Waals surface area contributed by atoms with Gasteiger partial charge in [-0.25, -0.2) is 0 Å². The molecule has 19 heavy (non-hydrogen) atoms. The zero-order valence-electron chi connectivity index (χ0n) is 13.0. The van der Waals surface area contributed by atoms with Gasteiger partial charge in [0.25, 0.3) is 0 Å². The van der Waals surface area contributed by atoms with E-state index in [1.54, 1.807) is 0 Å². The summed E-state index contributed by atoms with van der Waals surface area (Å²) in [5.74, 6) is 0. The molecule has 0 aliphatic heterocycles. The minimum absolute atomic E-state index is 0.168. The van der Waals surface area contributed by atoms with Crippen LogP contribution in [0.5, 0.6) is 0 Å². The molecule has 0 saturated heterocycles. The summed E-state index contributed by atoms with van der Waals surface area (Å²) in [6.07, 6.45) is 2.93. The Labute approximate surface area is 116 Å². The lowest BCUT2D eigenvalue weighted by Gasteiger charge is -2.20. The first kappa shape index (κ1) is 14.1. The molecule has 0 atom stereocenters.